The van der Waals surface area contributed by atoms with E-state index in [-0.39, 0.29) is 5.91 Å². The molecule has 1 amide bonds. The zero-order valence-corrected chi connectivity index (χ0v) is 15.5. The van der Waals surface area contributed by atoms with E-state index in [0.717, 1.165) is 16.8 Å². The number of nitrogens with zero attached hydrogens (tertiary/aromatic N) is 2. The van der Waals surface area contributed by atoms with Crippen molar-refractivity contribution < 1.29 is 9.53 Å². The first kappa shape index (κ1) is 18.0. The van der Waals surface area contributed by atoms with Gasteiger partial charge in [0.25, 0.3) is 0 Å². The first-order valence-corrected chi connectivity index (χ1v) is 8.67. The van der Waals surface area contributed by atoms with Gasteiger partial charge in [0.15, 0.2) is 0 Å². The highest BCUT2D eigenvalue weighted by atomic mass is 35.5. The minimum atomic E-state index is -0.0857. The molecule has 0 bridgehead atoms. The fourth-order valence-corrected chi connectivity index (χ4v) is 2.77. The highest BCUT2D eigenvalue weighted by Crippen LogP contribution is 2.31. The summed E-state index contributed by atoms with van der Waals surface area (Å²) in [6.07, 6.45) is 4.68. The molecule has 0 unspecified atom stereocenters. The van der Waals surface area contributed by atoms with Crippen molar-refractivity contribution in [3.05, 3.63) is 71.0 Å². The van der Waals surface area contributed by atoms with E-state index in [1.807, 2.05) is 49.5 Å². The van der Waals surface area contributed by atoms with Gasteiger partial charge in [-0.1, -0.05) is 29.8 Å². The molecular weight excluding hydrogens is 350 g/mol. The topological polar surface area (TPSA) is 56.1 Å². The normalized spacial score (nSPS) is 10.6. The summed E-state index contributed by atoms with van der Waals surface area (Å²) in [6, 6.07) is 13.4. The molecule has 134 valence electrons. The number of rotatable bonds is 6. The molecule has 2 aromatic carbocycles. The predicted molar refractivity (Wildman–Crippen MR) is 103 cm³/mol. The first-order valence-electron chi connectivity index (χ1n) is 8.30. The zero-order valence-electron chi connectivity index (χ0n) is 14.7. The third-order valence-electron chi connectivity index (χ3n) is 4.05. The van der Waals surface area contributed by atoms with Crippen LogP contribution in [0, 0.1) is 6.92 Å². The lowest BCUT2D eigenvalue weighted by Crippen LogP contribution is -2.13. The number of para-hydroxylation sites is 1. The van der Waals surface area contributed by atoms with Crippen molar-refractivity contribution in [1.82, 2.24) is 9.78 Å². The van der Waals surface area contributed by atoms with Crippen molar-refractivity contribution in [3.63, 3.8) is 0 Å². The second-order valence-electron chi connectivity index (χ2n) is 5.98. The summed E-state index contributed by atoms with van der Waals surface area (Å²) in [4.78, 5) is 12.3. The van der Waals surface area contributed by atoms with Gasteiger partial charge in [-0.15, -0.1) is 0 Å². The number of carbonyl (C=O) groups is 1. The molecule has 0 fully saturated rings. The maximum Gasteiger partial charge on any atom is 0.224 e. The second-order valence-corrected chi connectivity index (χ2v) is 6.39. The summed E-state index contributed by atoms with van der Waals surface area (Å²) in [7, 11) is 1.55. The van der Waals surface area contributed by atoms with Gasteiger partial charge >= 0.3 is 0 Å². The summed E-state index contributed by atoms with van der Waals surface area (Å²) >= 11 is 6.09. The molecule has 0 aliphatic rings. The largest absolute Gasteiger partial charge is 0.495 e. The molecule has 0 aliphatic carbocycles. The van der Waals surface area contributed by atoms with Crippen molar-refractivity contribution in [2.45, 2.75) is 19.8 Å². The van der Waals surface area contributed by atoms with E-state index in [4.69, 9.17) is 16.3 Å². The number of benzene rings is 2. The number of hydrogen-bond acceptors (Lipinski definition) is 3. The highest BCUT2D eigenvalue weighted by molar-refractivity contribution is 6.31. The number of aryl methyl sites for hydroxylation is 2. The van der Waals surface area contributed by atoms with Gasteiger partial charge in [0, 0.05) is 23.7 Å². The van der Waals surface area contributed by atoms with E-state index in [0.29, 0.717) is 29.3 Å². The minimum Gasteiger partial charge on any atom is -0.495 e. The highest BCUT2D eigenvalue weighted by Gasteiger charge is 2.11. The van der Waals surface area contributed by atoms with Crippen molar-refractivity contribution in [3.8, 4) is 11.4 Å². The number of aromatic nitrogens is 2. The molecule has 26 heavy (non-hydrogen) atoms. The Labute approximate surface area is 157 Å². The number of methoxy groups -OCH3 is 1. The van der Waals surface area contributed by atoms with Gasteiger partial charge in [0.2, 0.25) is 5.91 Å². The van der Waals surface area contributed by atoms with Gasteiger partial charge in [0.05, 0.1) is 24.7 Å². The van der Waals surface area contributed by atoms with E-state index in [1.54, 1.807) is 24.1 Å². The average Bonchev–Trinajstić information content (AvgIpc) is 3.12. The number of hydrogen-bond donors (Lipinski definition) is 1. The standard InChI is InChI=1S/C20H20ClN3O2/c1-14-10-18(19(26-2)11-17(14)21)23-20(25)9-8-15-12-22-24(13-15)16-6-4-3-5-7-16/h3-7,10-13H,8-9H2,1-2H3,(H,23,25). The van der Waals surface area contributed by atoms with Crippen molar-refractivity contribution >= 4 is 23.2 Å². The number of ether oxygens (including phenoxy) is 1. The first-order chi connectivity index (χ1) is 12.6. The van der Waals surface area contributed by atoms with Crippen LogP contribution in [0.15, 0.2) is 54.9 Å². The molecule has 1 heterocycles. The third kappa shape index (κ3) is 4.24. The Hall–Kier alpha value is -2.79. The Kier molecular flexibility index (Phi) is 5.58. The van der Waals surface area contributed by atoms with Crippen LogP contribution in [0.1, 0.15) is 17.5 Å². The quantitative estimate of drug-likeness (QED) is 0.700. The van der Waals surface area contributed by atoms with Crippen molar-refractivity contribution in [2.75, 3.05) is 12.4 Å². The molecule has 1 aromatic heterocycles. The molecule has 5 nitrogen and oxygen atoms in total. The van der Waals surface area contributed by atoms with Crippen LogP contribution in [-0.2, 0) is 11.2 Å². The molecule has 3 aromatic rings. The summed E-state index contributed by atoms with van der Waals surface area (Å²) in [5.41, 5.74) is 3.50. The van der Waals surface area contributed by atoms with Crippen LogP contribution < -0.4 is 10.1 Å². The van der Waals surface area contributed by atoms with Crippen LogP contribution in [0.5, 0.6) is 5.75 Å². The van der Waals surface area contributed by atoms with E-state index < -0.39 is 0 Å². The molecule has 3 rings (SSSR count). The zero-order chi connectivity index (χ0) is 18.5. The molecule has 0 radical (unpaired) electrons. The Balaban J connectivity index is 1.62. The molecule has 0 atom stereocenters. The lowest BCUT2D eigenvalue weighted by Gasteiger charge is -2.12. The Morgan fingerprint density at radius 3 is 2.77 bits per heavy atom. The number of nitrogens with one attached hydrogen (secondary N) is 1. The summed E-state index contributed by atoms with van der Waals surface area (Å²) in [6.45, 7) is 1.88. The van der Waals surface area contributed by atoms with Gasteiger partial charge in [-0.05, 0) is 42.7 Å². The molecule has 1 N–H and O–H groups in total. The Morgan fingerprint density at radius 2 is 2.04 bits per heavy atom. The van der Waals surface area contributed by atoms with Crippen LogP contribution in [0.2, 0.25) is 5.02 Å². The van der Waals surface area contributed by atoms with Gasteiger partial charge in [-0.25, -0.2) is 4.68 Å². The SMILES string of the molecule is COc1cc(Cl)c(C)cc1NC(=O)CCc1cnn(-c2ccccc2)c1. The monoisotopic (exact) mass is 369 g/mol. The summed E-state index contributed by atoms with van der Waals surface area (Å²) in [5.74, 6) is 0.461. The van der Waals surface area contributed by atoms with Gasteiger partial charge in [-0.2, -0.15) is 5.10 Å². The second kappa shape index (κ2) is 8.06. The minimum absolute atomic E-state index is 0.0857. The molecule has 0 saturated heterocycles. The Bertz CT molecular complexity index is 907. The smallest absolute Gasteiger partial charge is 0.224 e. The van der Waals surface area contributed by atoms with Crippen molar-refractivity contribution in [1.29, 1.82) is 0 Å². The van der Waals surface area contributed by atoms with Crippen LogP contribution >= 0.6 is 11.6 Å². The predicted octanol–water partition coefficient (Wildman–Crippen LogP) is 4.41. The molecule has 0 saturated carbocycles. The van der Waals surface area contributed by atoms with E-state index in [1.165, 1.54) is 0 Å². The lowest BCUT2D eigenvalue weighted by atomic mass is 10.1. The van der Waals surface area contributed by atoms with Crippen LogP contribution in [0.3, 0.4) is 0 Å². The third-order valence-corrected chi connectivity index (χ3v) is 4.46. The number of halogens is 1. The number of anilines is 1. The fourth-order valence-electron chi connectivity index (χ4n) is 2.61. The summed E-state index contributed by atoms with van der Waals surface area (Å²) < 4.78 is 7.09. The maximum atomic E-state index is 12.3. The molecular formula is C20H20ClN3O2. The van der Waals surface area contributed by atoms with E-state index >= 15 is 0 Å². The van der Waals surface area contributed by atoms with Crippen LogP contribution in [0.4, 0.5) is 5.69 Å². The molecule has 6 heteroatoms. The molecule has 0 spiro atoms. The van der Waals surface area contributed by atoms with Gasteiger partial charge < -0.3 is 10.1 Å². The maximum absolute atomic E-state index is 12.3. The average molecular weight is 370 g/mol. The van der Waals surface area contributed by atoms with Gasteiger partial charge in [-0.3, -0.25) is 4.79 Å². The van der Waals surface area contributed by atoms with E-state index in [2.05, 4.69) is 10.4 Å². The van der Waals surface area contributed by atoms with Crippen LogP contribution in [-0.4, -0.2) is 22.8 Å². The Morgan fingerprint density at radius 1 is 1.27 bits per heavy atom. The number of amides is 1. The molecule has 0 aliphatic heterocycles. The fraction of sp³-hybridized carbons (Fsp3) is 0.200. The summed E-state index contributed by atoms with van der Waals surface area (Å²) in [5, 5.41) is 7.84. The van der Waals surface area contributed by atoms with Crippen molar-refractivity contribution in [2.24, 2.45) is 0 Å². The van der Waals surface area contributed by atoms with Gasteiger partial charge in [0.1, 0.15) is 5.75 Å². The number of carbonyl (C=O) groups excluding carboxylic acids is 1. The van der Waals surface area contributed by atoms with Crippen LogP contribution in [0.25, 0.3) is 5.69 Å². The van der Waals surface area contributed by atoms with E-state index in [9.17, 15) is 4.79 Å². The lowest BCUT2D eigenvalue weighted by molar-refractivity contribution is -0.116.